The third-order valence-electron chi connectivity index (χ3n) is 3.71. The summed E-state index contributed by atoms with van der Waals surface area (Å²) in [4.78, 5) is 5.02. The fourth-order valence-electron chi connectivity index (χ4n) is 2.41. The monoisotopic (exact) mass is 263 g/mol. The van der Waals surface area contributed by atoms with Gasteiger partial charge in [0.2, 0.25) is 0 Å². The molecule has 0 amide bonds. The highest BCUT2D eigenvalue weighted by Gasteiger charge is 2.14. The third-order valence-corrected chi connectivity index (χ3v) is 3.71. The number of nitrogens with zero attached hydrogens (tertiary/aromatic N) is 2. The number of hydrogen-bond donors (Lipinski definition) is 1. The molecule has 1 aliphatic heterocycles. The van der Waals surface area contributed by atoms with E-state index >= 15 is 0 Å². The van der Waals surface area contributed by atoms with Gasteiger partial charge in [-0.1, -0.05) is 19.1 Å². The molecule has 1 aliphatic rings. The van der Waals surface area contributed by atoms with Crippen LogP contribution in [0.5, 0.6) is 5.75 Å². The number of nitrogen functional groups attached to an aromatic ring is 1. The average molecular weight is 263 g/mol. The van der Waals surface area contributed by atoms with Gasteiger partial charge in [0.05, 0.1) is 12.3 Å². The minimum atomic E-state index is 0.721. The number of rotatable bonds is 6. The lowest BCUT2D eigenvalue weighted by Crippen LogP contribution is -2.46. The lowest BCUT2D eigenvalue weighted by Gasteiger charge is -2.33. The van der Waals surface area contributed by atoms with E-state index in [0.717, 1.165) is 31.0 Å². The molecule has 0 unspecified atom stereocenters. The van der Waals surface area contributed by atoms with Crippen molar-refractivity contribution < 1.29 is 4.74 Å². The normalized spacial score (nSPS) is 17.5. The molecule has 1 aromatic carbocycles. The van der Waals surface area contributed by atoms with Crippen LogP contribution in [0.4, 0.5) is 5.69 Å². The second-order valence-electron chi connectivity index (χ2n) is 5.02. The summed E-state index contributed by atoms with van der Waals surface area (Å²) in [6.07, 6.45) is 1.06. The maximum Gasteiger partial charge on any atom is 0.142 e. The third kappa shape index (κ3) is 4.40. The second kappa shape index (κ2) is 7.36. The first-order valence-electron chi connectivity index (χ1n) is 7.21. The number of anilines is 1. The summed E-state index contributed by atoms with van der Waals surface area (Å²) in [5.74, 6) is 0.804. The molecular weight excluding hydrogens is 238 g/mol. The summed E-state index contributed by atoms with van der Waals surface area (Å²) in [7, 11) is 0. The van der Waals surface area contributed by atoms with Crippen molar-refractivity contribution in [2.24, 2.45) is 0 Å². The van der Waals surface area contributed by atoms with Crippen LogP contribution in [-0.2, 0) is 0 Å². The molecule has 0 saturated carbocycles. The molecule has 1 saturated heterocycles. The fraction of sp³-hybridized carbons (Fsp3) is 0.600. The van der Waals surface area contributed by atoms with E-state index < -0.39 is 0 Å². The predicted octanol–water partition coefficient (Wildman–Crippen LogP) is 1.68. The van der Waals surface area contributed by atoms with Crippen LogP contribution < -0.4 is 10.5 Å². The van der Waals surface area contributed by atoms with Crippen molar-refractivity contribution in [2.75, 3.05) is 51.6 Å². The largest absolute Gasteiger partial charge is 0.491 e. The number of para-hydroxylation sites is 2. The smallest absolute Gasteiger partial charge is 0.142 e. The number of nitrogens with two attached hydrogens (primary N) is 1. The zero-order chi connectivity index (χ0) is 13.5. The first-order chi connectivity index (χ1) is 9.29. The van der Waals surface area contributed by atoms with Crippen molar-refractivity contribution in [1.82, 2.24) is 9.80 Å². The molecule has 1 heterocycles. The van der Waals surface area contributed by atoms with Gasteiger partial charge in [-0.15, -0.1) is 0 Å². The molecule has 106 valence electrons. The lowest BCUT2D eigenvalue weighted by atomic mass is 10.3. The Bertz CT molecular complexity index is 375. The first kappa shape index (κ1) is 14.2. The summed E-state index contributed by atoms with van der Waals surface area (Å²) in [6, 6.07) is 7.68. The molecule has 4 nitrogen and oxygen atoms in total. The summed E-state index contributed by atoms with van der Waals surface area (Å²) < 4.78 is 5.71. The van der Waals surface area contributed by atoms with Crippen molar-refractivity contribution in [3.05, 3.63) is 24.3 Å². The summed E-state index contributed by atoms with van der Waals surface area (Å²) in [5, 5.41) is 0. The molecule has 2 N–H and O–H groups in total. The molecule has 0 aliphatic carbocycles. The van der Waals surface area contributed by atoms with Crippen LogP contribution in [0.1, 0.15) is 13.3 Å². The van der Waals surface area contributed by atoms with E-state index in [4.69, 9.17) is 10.5 Å². The Morgan fingerprint density at radius 2 is 1.79 bits per heavy atom. The van der Waals surface area contributed by atoms with Crippen molar-refractivity contribution in [2.45, 2.75) is 13.3 Å². The van der Waals surface area contributed by atoms with Gasteiger partial charge in [0.25, 0.3) is 0 Å². The Labute approximate surface area is 116 Å². The second-order valence-corrected chi connectivity index (χ2v) is 5.02. The van der Waals surface area contributed by atoms with Gasteiger partial charge in [-0.25, -0.2) is 0 Å². The highest BCUT2D eigenvalue weighted by Crippen LogP contribution is 2.19. The van der Waals surface area contributed by atoms with Gasteiger partial charge in [0.15, 0.2) is 0 Å². The standard InChI is InChI=1S/C15H25N3O/c1-2-17-9-11-18(12-10-17)8-5-13-19-15-7-4-3-6-14(15)16/h3-4,6-7H,2,5,8-13,16H2,1H3. The van der Waals surface area contributed by atoms with E-state index in [2.05, 4.69) is 16.7 Å². The molecule has 0 bridgehead atoms. The van der Waals surface area contributed by atoms with Crippen LogP contribution in [-0.4, -0.2) is 55.7 Å². The van der Waals surface area contributed by atoms with Gasteiger partial charge < -0.3 is 20.3 Å². The maximum absolute atomic E-state index is 5.84. The molecule has 1 aromatic rings. The van der Waals surface area contributed by atoms with Gasteiger partial charge >= 0.3 is 0 Å². The van der Waals surface area contributed by atoms with Crippen molar-refractivity contribution in [1.29, 1.82) is 0 Å². The van der Waals surface area contributed by atoms with E-state index in [1.54, 1.807) is 0 Å². The van der Waals surface area contributed by atoms with Gasteiger partial charge in [0.1, 0.15) is 5.75 Å². The topological polar surface area (TPSA) is 41.7 Å². The first-order valence-corrected chi connectivity index (χ1v) is 7.21. The Hall–Kier alpha value is -1.26. The van der Waals surface area contributed by atoms with Crippen LogP contribution in [0, 0.1) is 0 Å². The number of piperazine rings is 1. The summed E-state index contributed by atoms with van der Waals surface area (Å²) in [5.41, 5.74) is 6.56. The minimum absolute atomic E-state index is 0.721. The molecular formula is C15H25N3O. The van der Waals surface area contributed by atoms with E-state index in [9.17, 15) is 0 Å². The fourth-order valence-corrected chi connectivity index (χ4v) is 2.41. The molecule has 19 heavy (non-hydrogen) atoms. The molecule has 0 atom stereocenters. The molecule has 2 rings (SSSR count). The van der Waals surface area contributed by atoms with Gasteiger partial charge in [-0.05, 0) is 25.1 Å². The highest BCUT2D eigenvalue weighted by atomic mass is 16.5. The zero-order valence-electron chi connectivity index (χ0n) is 11.8. The number of benzene rings is 1. The SMILES string of the molecule is CCN1CCN(CCCOc2ccccc2N)CC1. The molecule has 0 radical (unpaired) electrons. The zero-order valence-corrected chi connectivity index (χ0v) is 11.8. The van der Waals surface area contributed by atoms with Gasteiger partial charge in [-0.3, -0.25) is 0 Å². The Morgan fingerprint density at radius 1 is 1.11 bits per heavy atom. The Morgan fingerprint density at radius 3 is 2.47 bits per heavy atom. The summed E-state index contributed by atoms with van der Waals surface area (Å²) >= 11 is 0. The maximum atomic E-state index is 5.84. The highest BCUT2D eigenvalue weighted by molar-refractivity contribution is 5.51. The molecule has 0 spiro atoms. The molecule has 1 fully saturated rings. The van der Waals surface area contributed by atoms with Gasteiger partial charge in [-0.2, -0.15) is 0 Å². The predicted molar refractivity (Wildman–Crippen MR) is 79.5 cm³/mol. The lowest BCUT2D eigenvalue weighted by molar-refractivity contribution is 0.130. The van der Waals surface area contributed by atoms with Crippen LogP contribution in [0.15, 0.2) is 24.3 Å². The molecule has 0 aromatic heterocycles. The Kier molecular flexibility index (Phi) is 5.48. The van der Waals surface area contributed by atoms with E-state index in [0.29, 0.717) is 0 Å². The average Bonchev–Trinajstić information content (AvgIpc) is 2.46. The molecule has 4 heteroatoms. The van der Waals surface area contributed by atoms with E-state index in [1.807, 2.05) is 24.3 Å². The van der Waals surface area contributed by atoms with Crippen LogP contribution in [0.3, 0.4) is 0 Å². The number of likely N-dealkylation sites (N-methyl/N-ethyl adjacent to an activating group) is 1. The quantitative estimate of drug-likeness (QED) is 0.626. The van der Waals surface area contributed by atoms with E-state index in [1.165, 1.54) is 32.7 Å². The number of ether oxygens (including phenoxy) is 1. The van der Waals surface area contributed by atoms with Crippen molar-refractivity contribution >= 4 is 5.69 Å². The van der Waals surface area contributed by atoms with E-state index in [-0.39, 0.29) is 0 Å². The summed E-state index contributed by atoms with van der Waals surface area (Å²) in [6.45, 7) is 10.0. The van der Waals surface area contributed by atoms with Crippen molar-refractivity contribution in [3.8, 4) is 5.75 Å². The van der Waals surface area contributed by atoms with Gasteiger partial charge in [0, 0.05) is 32.7 Å². The number of hydrogen-bond acceptors (Lipinski definition) is 4. The van der Waals surface area contributed by atoms with Crippen LogP contribution in [0.25, 0.3) is 0 Å². The van der Waals surface area contributed by atoms with Crippen molar-refractivity contribution in [3.63, 3.8) is 0 Å². The van der Waals surface area contributed by atoms with Crippen LogP contribution in [0.2, 0.25) is 0 Å². The minimum Gasteiger partial charge on any atom is -0.491 e. The van der Waals surface area contributed by atoms with Crippen LogP contribution >= 0.6 is 0 Å². The Balaban J connectivity index is 1.61.